The van der Waals surface area contributed by atoms with Crippen molar-refractivity contribution >= 4 is 24.9 Å². The molecule has 1 aromatic rings. The van der Waals surface area contributed by atoms with Crippen LogP contribution in [0.2, 0.25) is 0 Å². The number of nitrogens with zero attached hydrogens (tertiary/aromatic N) is 2. The molecule has 5 nitrogen and oxygen atoms in total. The van der Waals surface area contributed by atoms with Crippen LogP contribution in [0.3, 0.4) is 0 Å². The Morgan fingerprint density at radius 2 is 2.29 bits per heavy atom. The smallest absolute Gasteiger partial charge is 0.237 e. The lowest BCUT2D eigenvalue weighted by Gasteiger charge is -2.28. The summed E-state index contributed by atoms with van der Waals surface area (Å²) in [5, 5.41) is 15.5. The summed E-state index contributed by atoms with van der Waals surface area (Å²) in [7, 11) is 1.99. The normalized spacial score (nSPS) is 24.2. The SMILES string of the molecule is Bc1ccc(N2CC[C@H](NC(=O)[C@@H]3CCN3)C2)c(C#N)c1. The largest absolute Gasteiger partial charge is 0.368 e. The third-order valence-corrected chi connectivity index (χ3v) is 4.29. The van der Waals surface area contributed by atoms with Crippen LogP contribution in [0, 0.1) is 11.3 Å². The Balaban J connectivity index is 1.64. The van der Waals surface area contributed by atoms with Gasteiger partial charge in [-0.2, -0.15) is 5.26 Å². The molecule has 2 atom stereocenters. The summed E-state index contributed by atoms with van der Waals surface area (Å²) in [4.78, 5) is 14.1. The molecule has 6 heteroatoms. The second-order valence-corrected chi connectivity index (χ2v) is 5.87. The zero-order valence-electron chi connectivity index (χ0n) is 12.2. The molecule has 2 fully saturated rings. The number of nitrogens with one attached hydrogen (secondary N) is 2. The van der Waals surface area contributed by atoms with Gasteiger partial charge in [0.05, 0.1) is 17.3 Å². The van der Waals surface area contributed by atoms with Crippen LogP contribution in [0.5, 0.6) is 0 Å². The number of benzene rings is 1. The van der Waals surface area contributed by atoms with E-state index in [4.69, 9.17) is 0 Å². The highest BCUT2D eigenvalue weighted by Crippen LogP contribution is 2.23. The van der Waals surface area contributed by atoms with E-state index in [1.165, 1.54) is 0 Å². The van der Waals surface area contributed by atoms with Crippen molar-refractivity contribution in [3.8, 4) is 6.07 Å². The number of carbonyl (C=O) groups is 1. The second kappa shape index (κ2) is 5.78. The average molecular weight is 282 g/mol. The van der Waals surface area contributed by atoms with Crippen LogP contribution in [0.1, 0.15) is 18.4 Å². The molecule has 0 spiro atoms. The Morgan fingerprint density at radius 1 is 1.48 bits per heavy atom. The maximum absolute atomic E-state index is 11.9. The summed E-state index contributed by atoms with van der Waals surface area (Å²) in [6, 6.07) is 8.38. The van der Waals surface area contributed by atoms with Crippen LogP contribution < -0.4 is 21.0 Å². The van der Waals surface area contributed by atoms with E-state index in [0.717, 1.165) is 43.6 Å². The summed E-state index contributed by atoms with van der Waals surface area (Å²) in [6.45, 7) is 2.58. The monoisotopic (exact) mass is 282 g/mol. The maximum atomic E-state index is 11.9. The lowest BCUT2D eigenvalue weighted by Crippen LogP contribution is -2.55. The van der Waals surface area contributed by atoms with E-state index in [9.17, 15) is 10.1 Å². The number of hydrogen-bond donors (Lipinski definition) is 2. The van der Waals surface area contributed by atoms with Crippen LogP contribution in [0.15, 0.2) is 18.2 Å². The van der Waals surface area contributed by atoms with Gasteiger partial charge in [-0.1, -0.05) is 11.5 Å². The van der Waals surface area contributed by atoms with Gasteiger partial charge >= 0.3 is 0 Å². The molecule has 2 aliphatic rings. The fraction of sp³-hybridized carbons (Fsp3) is 0.467. The molecule has 0 aliphatic carbocycles. The second-order valence-electron chi connectivity index (χ2n) is 5.87. The third-order valence-electron chi connectivity index (χ3n) is 4.29. The zero-order valence-corrected chi connectivity index (χ0v) is 12.2. The maximum Gasteiger partial charge on any atom is 0.237 e. The van der Waals surface area contributed by atoms with Gasteiger partial charge in [-0.15, -0.1) is 0 Å². The van der Waals surface area contributed by atoms with Crippen molar-refractivity contribution in [1.29, 1.82) is 5.26 Å². The van der Waals surface area contributed by atoms with Gasteiger partial charge < -0.3 is 15.5 Å². The first-order valence-electron chi connectivity index (χ1n) is 7.47. The number of hydrogen-bond acceptors (Lipinski definition) is 4. The van der Waals surface area contributed by atoms with E-state index in [2.05, 4.69) is 21.6 Å². The first-order valence-corrected chi connectivity index (χ1v) is 7.47. The van der Waals surface area contributed by atoms with Crippen molar-refractivity contribution < 1.29 is 4.79 Å². The molecule has 108 valence electrons. The third kappa shape index (κ3) is 2.88. The highest BCUT2D eigenvalue weighted by Gasteiger charge is 2.30. The molecule has 1 amide bonds. The molecular formula is C15H19BN4O. The van der Waals surface area contributed by atoms with Crippen LogP contribution >= 0.6 is 0 Å². The highest BCUT2D eigenvalue weighted by molar-refractivity contribution is 6.32. The number of rotatable bonds is 3. The van der Waals surface area contributed by atoms with Crippen molar-refractivity contribution in [2.45, 2.75) is 24.9 Å². The molecule has 0 saturated carbocycles. The van der Waals surface area contributed by atoms with Gasteiger partial charge in [-0.05, 0) is 31.5 Å². The highest BCUT2D eigenvalue weighted by atomic mass is 16.2. The van der Waals surface area contributed by atoms with Crippen LogP contribution in [0.25, 0.3) is 0 Å². The van der Waals surface area contributed by atoms with Crippen molar-refractivity contribution in [3.63, 3.8) is 0 Å². The number of nitriles is 1. The molecular weight excluding hydrogens is 263 g/mol. The summed E-state index contributed by atoms with van der Waals surface area (Å²) in [6.07, 6.45) is 1.86. The standard InChI is InChI=1S/C15H19BN4O/c16-11-1-2-14(10(7-11)8-17)20-6-4-12(9-20)19-15(21)13-3-5-18-13/h1-2,7,12-13,18H,3-6,9,16H2,(H,19,21)/t12-,13-/m0/s1. The average Bonchev–Trinajstić information content (AvgIpc) is 2.84. The predicted molar refractivity (Wildman–Crippen MR) is 84.5 cm³/mol. The minimum atomic E-state index is -0.00639. The Hall–Kier alpha value is -2.00. The van der Waals surface area contributed by atoms with Gasteiger partial charge in [-0.25, -0.2) is 0 Å². The molecule has 1 aromatic carbocycles. The Bertz CT molecular complexity index is 594. The van der Waals surface area contributed by atoms with E-state index in [1.54, 1.807) is 0 Å². The van der Waals surface area contributed by atoms with Gasteiger partial charge in [0.1, 0.15) is 13.9 Å². The molecule has 2 saturated heterocycles. The lowest BCUT2D eigenvalue weighted by molar-refractivity contribution is -0.125. The number of carbonyl (C=O) groups excluding carboxylic acids is 1. The summed E-state index contributed by atoms with van der Waals surface area (Å²) in [5.41, 5.74) is 2.78. The fourth-order valence-corrected chi connectivity index (χ4v) is 2.93. The lowest BCUT2D eigenvalue weighted by atomic mass is 9.94. The number of anilines is 1. The fourth-order valence-electron chi connectivity index (χ4n) is 2.93. The summed E-state index contributed by atoms with van der Waals surface area (Å²) in [5.74, 6) is 0.109. The predicted octanol–water partition coefficient (Wildman–Crippen LogP) is -1.13. The molecule has 3 rings (SSSR count). The van der Waals surface area contributed by atoms with Crippen molar-refractivity contribution in [2.75, 3.05) is 24.5 Å². The Labute approximate surface area is 125 Å². The van der Waals surface area contributed by atoms with E-state index >= 15 is 0 Å². The topological polar surface area (TPSA) is 68.2 Å². The first-order chi connectivity index (χ1) is 10.2. The van der Waals surface area contributed by atoms with E-state index in [0.29, 0.717) is 5.56 Å². The minimum absolute atomic E-state index is 0.00639. The first kappa shape index (κ1) is 14.0. The molecule has 2 N–H and O–H groups in total. The Kier molecular flexibility index (Phi) is 3.85. The van der Waals surface area contributed by atoms with E-state index in [-0.39, 0.29) is 18.0 Å². The molecule has 0 bridgehead atoms. The summed E-state index contributed by atoms with van der Waals surface area (Å²) >= 11 is 0. The van der Waals surface area contributed by atoms with Crippen LogP contribution in [0.4, 0.5) is 5.69 Å². The molecule has 0 aromatic heterocycles. The minimum Gasteiger partial charge on any atom is -0.368 e. The molecule has 21 heavy (non-hydrogen) atoms. The summed E-state index contributed by atoms with van der Waals surface area (Å²) < 4.78 is 0. The molecule has 2 heterocycles. The molecule has 0 radical (unpaired) electrons. The van der Waals surface area contributed by atoms with Crippen molar-refractivity contribution in [3.05, 3.63) is 23.8 Å². The van der Waals surface area contributed by atoms with Gasteiger partial charge in [0.15, 0.2) is 0 Å². The van der Waals surface area contributed by atoms with Crippen LogP contribution in [-0.4, -0.2) is 45.5 Å². The van der Waals surface area contributed by atoms with Crippen molar-refractivity contribution in [2.24, 2.45) is 0 Å². The van der Waals surface area contributed by atoms with Crippen LogP contribution in [-0.2, 0) is 4.79 Å². The Morgan fingerprint density at radius 3 is 2.95 bits per heavy atom. The van der Waals surface area contributed by atoms with E-state index in [1.807, 2.05) is 26.0 Å². The van der Waals surface area contributed by atoms with Crippen molar-refractivity contribution in [1.82, 2.24) is 10.6 Å². The molecule has 2 aliphatic heterocycles. The number of amides is 1. The zero-order chi connectivity index (χ0) is 14.8. The van der Waals surface area contributed by atoms with Gasteiger partial charge in [0.2, 0.25) is 5.91 Å². The van der Waals surface area contributed by atoms with Gasteiger partial charge in [0, 0.05) is 19.1 Å². The van der Waals surface area contributed by atoms with Gasteiger partial charge in [0.25, 0.3) is 0 Å². The quantitative estimate of drug-likeness (QED) is 0.689. The molecule has 0 unspecified atom stereocenters. The van der Waals surface area contributed by atoms with E-state index < -0.39 is 0 Å². The van der Waals surface area contributed by atoms with Gasteiger partial charge in [-0.3, -0.25) is 4.79 Å².